The Morgan fingerprint density at radius 2 is 2.21 bits per heavy atom. The minimum atomic E-state index is 0.108. The van der Waals surface area contributed by atoms with Gasteiger partial charge in [-0.05, 0) is 37.3 Å². The van der Waals surface area contributed by atoms with E-state index in [-0.39, 0.29) is 6.61 Å². The molecule has 0 aromatic heterocycles. The normalized spacial score (nSPS) is 22.1. The lowest BCUT2D eigenvalue weighted by atomic mass is 10.1. The molecule has 0 radical (unpaired) electrons. The van der Waals surface area contributed by atoms with E-state index in [1.54, 1.807) is 0 Å². The van der Waals surface area contributed by atoms with Gasteiger partial charge in [0.15, 0.2) is 6.61 Å². The number of nitrogens with zero attached hydrogens (tertiary/aromatic N) is 1. The second kappa shape index (κ2) is 7.16. The molecule has 0 aliphatic heterocycles. The first kappa shape index (κ1) is 13.9. The van der Waals surface area contributed by atoms with Crippen molar-refractivity contribution in [3.05, 3.63) is 29.8 Å². The lowest BCUT2D eigenvalue weighted by molar-refractivity contribution is 0.361. The van der Waals surface area contributed by atoms with Gasteiger partial charge in [0, 0.05) is 12.1 Å². The molecule has 102 valence electrons. The van der Waals surface area contributed by atoms with Gasteiger partial charge in [-0.25, -0.2) is 0 Å². The van der Waals surface area contributed by atoms with Crippen molar-refractivity contribution in [2.75, 3.05) is 13.2 Å². The average molecular weight is 258 g/mol. The van der Waals surface area contributed by atoms with E-state index >= 15 is 0 Å². The number of hydrogen-bond acceptors (Lipinski definition) is 3. The van der Waals surface area contributed by atoms with Gasteiger partial charge in [-0.1, -0.05) is 31.5 Å². The van der Waals surface area contributed by atoms with E-state index in [0.717, 1.165) is 36.2 Å². The average Bonchev–Trinajstić information content (AvgIpc) is 2.83. The molecule has 2 rings (SSSR count). The smallest absolute Gasteiger partial charge is 0.174 e. The molecule has 0 heterocycles. The summed E-state index contributed by atoms with van der Waals surface area (Å²) in [6.45, 7) is 4.34. The molecule has 2 atom stereocenters. The molecule has 1 aliphatic rings. The summed E-state index contributed by atoms with van der Waals surface area (Å²) in [5.74, 6) is 2.52. The first-order valence-corrected chi connectivity index (χ1v) is 7.08. The van der Waals surface area contributed by atoms with E-state index in [9.17, 15) is 0 Å². The number of hydrogen-bond donors (Lipinski definition) is 1. The Morgan fingerprint density at radius 3 is 2.95 bits per heavy atom. The highest BCUT2D eigenvalue weighted by Gasteiger charge is 2.20. The second-order valence-corrected chi connectivity index (χ2v) is 5.47. The summed E-state index contributed by atoms with van der Waals surface area (Å²) >= 11 is 0. The molecule has 19 heavy (non-hydrogen) atoms. The van der Waals surface area contributed by atoms with Crippen LogP contribution in [0.3, 0.4) is 0 Å². The van der Waals surface area contributed by atoms with Crippen molar-refractivity contribution >= 4 is 0 Å². The molecule has 3 nitrogen and oxygen atoms in total. The number of nitriles is 1. The van der Waals surface area contributed by atoms with E-state index in [1.165, 1.54) is 19.3 Å². The highest BCUT2D eigenvalue weighted by Crippen LogP contribution is 2.29. The first-order chi connectivity index (χ1) is 9.29. The van der Waals surface area contributed by atoms with Gasteiger partial charge >= 0.3 is 0 Å². The van der Waals surface area contributed by atoms with Crippen LogP contribution in [0.1, 0.15) is 31.7 Å². The molecule has 0 spiro atoms. The fourth-order valence-electron chi connectivity index (χ4n) is 2.82. The summed E-state index contributed by atoms with van der Waals surface area (Å²) in [6, 6.07) is 9.93. The van der Waals surface area contributed by atoms with Crippen LogP contribution in [0.4, 0.5) is 0 Å². The highest BCUT2D eigenvalue weighted by atomic mass is 16.5. The molecule has 2 unspecified atom stereocenters. The van der Waals surface area contributed by atoms with Gasteiger partial charge in [0.25, 0.3) is 0 Å². The van der Waals surface area contributed by atoms with Crippen LogP contribution >= 0.6 is 0 Å². The molecule has 0 bridgehead atoms. The fourth-order valence-corrected chi connectivity index (χ4v) is 2.82. The van der Waals surface area contributed by atoms with Gasteiger partial charge < -0.3 is 10.1 Å². The quantitative estimate of drug-likeness (QED) is 0.852. The van der Waals surface area contributed by atoms with Crippen LogP contribution in [0.5, 0.6) is 5.75 Å². The third-order valence-electron chi connectivity index (χ3n) is 3.82. The minimum absolute atomic E-state index is 0.108. The third kappa shape index (κ3) is 4.25. The van der Waals surface area contributed by atoms with Crippen LogP contribution in [0.25, 0.3) is 0 Å². The lowest BCUT2D eigenvalue weighted by Crippen LogP contribution is -2.21. The van der Waals surface area contributed by atoms with Gasteiger partial charge in [0.2, 0.25) is 0 Å². The van der Waals surface area contributed by atoms with E-state index in [0.29, 0.717) is 0 Å². The molecule has 3 heteroatoms. The number of para-hydroxylation sites is 1. The Kier molecular flexibility index (Phi) is 5.23. The van der Waals surface area contributed by atoms with Gasteiger partial charge in [0.1, 0.15) is 11.8 Å². The van der Waals surface area contributed by atoms with Crippen LogP contribution in [0, 0.1) is 23.2 Å². The monoisotopic (exact) mass is 258 g/mol. The van der Waals surface area contributed by atoms with Crippen LogP contribution < -0.4 is 10.1 Å². The molecule has 0 saturated heterocycles. The zero-order chi connectivity index (χ0) is 13.5. The second-order valence-electron chi connectivity index (χ2n) is 5.47. The Hall–Kier alpha value is -1.53. The summed E-state index contributed by atoms with van der Waals surface area (Å²) in [6.07, 6.45) is 4.06. The SMILES string of the molecule is CC1CCC(CNCc2ccccc2OCC#N)C1. The molecule has 1 aromatic carbocycles. The van der Waals surface area contributed by atoms with E-state index in [1.807, 2.05) is 24.3 Å². The summed E-state index contributed by atoms with van der Waals surface area (Å²) in [4.78, 5) is 0. The third-order valence-corrected chi connectivity index (χ3v) is 3.82. The summed E-state index contributed by atoms with van der Waals surface area (Å²) in [5.41, 5.74) is 1.13. The topological polar surface area (TPSA) is 45.0 Å². The van der Waals surface area contributed by atoms with E-state index < -0.39 is 0 Å². The van der Waals surface area contributed by atoms with Crippen molar-refractivity contribution < 1.29 is 4.74 Å². The predicted octanol–water partition coefficient (Wildman–Crippen LogP) is 3.11. The van der Waals surface area contributed by atoms with Crippen LogP contribution in [-0.2, 0) is 6.54 Å². The number of benzene rings is 1. The van der Waals surface area contributed by atoms with E-state index in [4.69, 9.17) is 10.00 Å². The maximum absolute atomic E-state index is 8.57. The molecule has 1 saturated carbocycles. The molecular weight excluding hydrogens is 236 g/mol. The van der Waals surface area contributed by atoms with Crippen molar-refractivity contribution in [3.63, 3.8) is 0 Å². The van der Waals surface area contributed by atoms with Crippen LogP contribution in [-0.4, -0.2) is 13.2 Å². The standard InChI is InChI=1S/C16H22N2O/c1-13-6-7-14(10-13)11-18-12-15-4-2-3-5-16(15)19-9-8-17/h2-5,13-14,18H,6-7,9-12H2,1H3. The summed E-state index contributed by atoms with van der Waals surface area (Å²) in [5, 5.41) is 12.1. The number of rotatable bonds is 6. The van der Waals surface area contributed by atoms with Crippen molar-refractivity contribution in [1.29, 1.82) is 5.26 Å². The van der Waals surface area contributed by atoms with Crippen molar-refractivity contribution in [2.24, 2.45) is 11.8 Å². The van der Waals surface area contributed by atoms with E-state index in [2.05, 4.69) is 18.3 Å². The summed E-state index contributed by atoms with van der Waals surface area (Å²) in [7, 11) is 0. The largest absolute Gasteiger partial charge is 0.478 e. The maximum Gasteiger partial charge on any atom is 0.174 e. The number of nitrogens with one attached hydrogen (secondary N) is 1. The highest BCUT2D eigenvalue weighted by molar-refractivity contribution is 5.33. The van der Waals surface area contributed by atoms with Crippen molar-refractivity contribution in [3.8, 4) is 11.8 Å². The molecule has 0 amide bonds. The van der Waals surface area contributed by atoms with Crippen molar-refractivity contribution in [2.45, 2.75) is 32.7 Å². The van der Waals surface area contributed by atoms with Gasteiger partial charge in [-0.2, -0.15) is 5.26 Å². The van der Waals surface area contributed by atoms with Crippen molar-refractivity contribution in [1.82, 2.24) is 5.32 Å². The molecule has 1 N–H and O–H groups in total. The Labute approximate surface area is 115 Å². The zero-order valence-electron chi connectivity index (χ0n) is 11.6. The van der Waals surface area contributed by atoms with Crippen LogP contribution in [0.15, 0.2) is 24.3 Å². The molecular formula is C16H22N2O. The summed E-state index contributed by atoms with van der Waals surface area (Å²) < 4.78 is 5.42. The number of ether oxygens (including phenoxy) is 1. The lowest BCUT2D eigenvalue weighted by Gasteiger charge is -2.13. The fraction of sp³-hybridized carbons (Fsp3) is 0.562. The molecule has 1 aromatic rings. The Balaban J connectivity index is 1.80. The van der Waals surface area contributed by atoms with Gasteiger partial charge in [-0.15, -0.1) is 0 Å². The molecule has 1 fully saturated rings. The minimum Gasteiger partial charge on any atom is -0.478 e. The predicted molar refractivity (Wildman–Crippen MR) is 75.8 cm³/mol. The zero-order valence-corrected chi connectivity index (χ0v) is 11.6. The molecule has 1 aliphatic carbocycles. The van der Waals surface area contributed by atoms with Crippen LogP contribution in [0.2, 0.25) is 0 Å². The first-order valence-electron chi connectivity index (χ1n) is 7.08. The Bertz CT molecular complexity index is 439. The Morgan fingerprint density at radius 1 is 1.37 bits per heavy atom. The van der Waals surface area contributed by atoms with Gasteiger partial charge in [0.05, 0.1) is 0 Å². The maximum atomic E-state index is 8.57. The van der Waals surface area contributed by atoms with Gasteiger partial charge in [-0.3, -0.25) is 0 Å².